The second kappa shape index (κ2) is 7.09. The van der Waals surface area contributed by atoms with E-state index in [1.165, 1.54) is 16.5 Å². The quantitative estimate of drug-likeness (QED) is 0.770. The third-order valence-corrected chi connectivity index (χ3v) is 3.86. The summed E-state index contributed by atoms with van der Waals surface area (Å²) in [6.45, 7) is 6.47. The van der Waals surface area contributed by atoms with Crippen molar-refractivity contribution < 1.29 is 13.2 Å². The van der Waals surface area contributed by atoms with Crippen molar-refractivity contribution in [1.29, 1.82) is 0 Å². The maximum absolute atomic E-state index is 13.0. The summed E-state index contributed by atoms with van der Waals surface area (Å²) in [4.78, 5) is 3.73. The zero-order valence-corrected chi connectivity index (χ0v) is 12.0. The summed E-state index contributed by atoms with van der Waals surface area (Å²) in [7, 11) is 0. The number of alkyl halides is 3. The van der Waals surface area contributed by atoms with Gasteiger partial charge in [0.1, 0.15) is 6.04 Å². The number of piperazine rings is 1. The highest BCUT2D eigenvalue weighted by molar-refractivity contribution is 5.14. The molecule has 116 valence electrons. The van der Waals surface area contributed by atoms with E-state index in [0.29, 0.717) is 26.2 Å². The zero-order chi connectivity index (χ0) is 15.3. The van der Waals surface area contributed by atoms with Crippen molar-refractivity contribution in [2.24, 2.45) is 0 Å². The van der Waals surface area contributed by atoms with Crippen molar-refractivity contribution in [3.05, 3.63) is 48.6 Å². The van der Waals surface area contributed by atoms with E-state index in [0.717, 1.165) is 6.54 Å². The summed E-state index contributed by atoms with van der Waals surface area (Å²) in [5.41, 5.74) is 1.20. The molecule has 1 saturated heterocycles. The Morgan fingerprint density at radius 3 is 2.24 bits per heavy atom. The normalized spacial score (nSPS) is 19.4. The average molecular weight is 298 g/mol. The molecule has 1 atom stereocenters. The van der Waals surface area contributed by atoms with E-state index in [9.17, 15) is 13.2 Å². The lowest BCUT2D eigenvalue weighted by Gasteiger charge is -2.39. The first-order valence-electron chi connectivity index (χ1n) is 7.18. The van der Waals surface area contributed by atoms with Gasteiger partial charge in [0.05, 0.1) is 0 Å². The number of rotatable bonds is 5. The van der Waals surface area contributed by atoms with E-state index in [1.807, 2.05) is 30.3 Å². The van der Waals surface area contributed by atoms with Crippen LogP contribution in [0.4, 0.5) is 13.2 Å². The molecule has 1 aromatic rings. The van der Waals surface area contributed by atoms with E-state index in [1.54, 1.807) is 0 Å². The lowest BCUT2D eigenvalue weighted by molar-refractivity contribution is -0.186. The number of nitrogens with zero attached hydrogens (tertiary/aromatic N) is 2. The van der Waals surface area contributed by atoms with Gasteiger partial charge in [-0.2, -0.15) is 13.2 Å². The molecule has 1 fully saturated rings. The molecular weight excluding hydrogens is 277 g/mol. The molecule has 1 heterocycles. The fraction of sp³-hybridized carbons (Fsp3) is 0.500. The van der Waals surface area contributed by atoms with E-state index in [-0.39, 0.29) is 6.42 Å². The van der Waals surface area contributed by atoms with Gasteiger partial charge in [0.15, 0.2) is 0 Å². The maximum Gasteiger partial charge on any atom is 0.404 e. The Morgan fingerprint density at radius 1 is 1.10 bits per heavy atom. The van der Waals surface area contributed by atoms with E-state index >= 15 is 0 Å². The number of halogens is 3. The Morgan fingerprint density at radius 2 is 1.71 bits per heavy atom. The summed E-state index contributed by atoms with van der Waals surface area (Å²) < 4.78 is 39.1. The summed E-state index contributed by atoms with van der Waals surface area (Å²) in [6, 6.07) is 8.62. The maximum atomic E-state index is 13.0. The second-order valence-corrected chi connectivity index (χ2v) is 5.38. The molecule has 0 aromatic heterocycles. The molecule has 1 unspecified atom stereocenters. The van der Waals surface area contributed by atoms with Crippen LogP contribution >= 0.6 is 0 Å². The van der Waals surface area contributed by atoms with Gasteiger partial charge in [-0.25, -0.2) is 0 Å². The molecule has 2 nitrogen and oxygen atoms in total. The highest BCUT2D eigenvalue weighted by atomic mass is 19.4. The van der Waals surface area contributed by atoms with Crippen molar-refractivity contribution >= 4 is 0 Å². The van der Waals surface area contributed by atoms with Gasteiger partial charge in [0.25, 0.3) is 0 Å². The van der Waals surface area contributed by atoms with Crippen LogP contribution in [0.5, 0.6) is 0 Å². The third-order valence-electron chi connectivity index (χ3n) is 3.86. The Bertz CT molecular complexity index is 437. The van der Waals surface area contributed by atoms with Gasteiger partial charge >= 0.3 is 6.18 Å². The molecule has 2 rings (SSSR count). The molecule has 0 bridgehead atoms. The van der Waals surface area contributed by atoms with Gasteiger partial charge in [-0.15, -0.1) is 6.58 Å². The highest BCUT2D eigenvalue weighted by Crippen LogP contribution is 2.28. The summed E-state index contributed by atoms with van der Waals surface area (Å²) in [6.07, 6.45) is -2.87. The van der Waals surface area contributed by atoms with Crippen molar-refractivity contribution in [3.8, 4) is 0 Å². The summed E-state index contributed by atoms with van der Waals surface area (Å²) in [5, 5.41) is 0. The fourth-order valence-corrected chi connectivity index (χ4v) is 2.72. The van der Waals surface area contributed by atoms with Crippen molar-refractivity contribution in [2.45, 2.75) is 25.2 Å². The van der Waals surface area contributed by atoms with Crippen LogP contribution in [0.15, 0.2) is 43.0 Å². The first kappa shape index (κ1) is 16.0. The third kappa shape index (κ3) is 4.58. The fourth-order valence-electron chi connectivity index (χ4n) is 2.72. The smallest absolute Gasteiger partial charge is 0.297 e. The van der Waals surface area contributed by atoms with E-state index in [4.69, 9.17) is 0 Å². The van der Waals surface area contributed by atoms with Gasteiger partial charge in [-0.1, -0.05) is 36.4 Å². The molecular formula is C16H21F3N2. The average Bonchev–Trinajstić information content (AvgIpc) is 2.46. The monoisotopic (exact) mass is 298 g/mol. The number of hydrogen-bond acceptors (Lipinski definition) is 2. The zero-order valence-electron chi connectivity index (χ0n) is 12.0. The van der Waals surface area contributed by atoms with Crippen LogP contribution < -0.4 is 0 Å². The van der Waals surface area contributed by atoms with Crippen molar-refractivity contribution in [3.63, 3.8) is 0 Å². The van der Waals surface area contributed by atoms with Gasteiger partial charge < -0.3 is 0 Å². The van der Waals surface area contributed by atoms with Crippen LogP contribution in [0.3, 0.4) is 0 Å². The van der Waals surface area contributed by atoms with Gasteiger partial charge in [-0.05, 0) is 12.0 Å². The molecule has 5 heteroatoms. The Balaban J connectivity index is 1.88. The minimum atomic E-state index is -4.18. The Kier molecular flexibility index (Phi) is 5.42. The first-order valence-corrected chi connectivity index (χ1v) is 7.18. The van der Waals surface area contributed by atoms with Crippen LogP contribution in [0.25, 0.3) is 0 Å². The molecule has 1 aliphatic rings. The minimum Gasteiger partial charge on any atom is -0.297 e. The molecule has 21 heavy (non-hydrogen) atoms. The molecule has 1 aromatic carbocycles. The molecule has 0 aliphatic carbocycles. The number of benzene rings is 1. The minimum absolute atomic E-state index is 0.0395. The molecule has 0 amide bonds. The lowest BCUT2D eigenvalue weighted by Crippen LogP contribution is -2.54. The standard InChI is InChI=1S/C16H21F3N2/c1-2-6-15(16(17,18)19)21-11-9-20(10-12-21)13-14-7-4-3-5-8-14/h2-5,7-8,15H,1,6,9-13H2. The van der Waals surface area contributed by atoms with Crippen molar-refractivity contribution in [1.82, 2.24) is 9.80 Å². The molecule has 0 saturated carbocycles. The Labute approximate surface area is 123 Å². The van der Waals surface area contributed by atoms with Crippen LogP contribution in [0.1, 0.15) is 12.0 Å². The number of hydrogen-bond donors (Lipinski definition) is 0. The van der Waals surface area contributed by atoms with E-state index in [2.05, 4.69) is 11.5 Å². The molecule has 0 N–H and O–H groups in total. The predicted molar refractivity (Wildman–Crippen MR) is 77.9 cm³/mol. The summed E-state index contributed by atoms with van der Waals surface area (Å²) >= 11 is 0. The van der Waals surface area contributed by atoms with Gasteiger partial charge in [0.2, 0.25) is 0 Å². The highest BCUT2D eigenvalue weighted by Gasteiger charge is 2.43. The van der Waals surface area contributed by atoms with Gasteiger partial charge in [-0.3, -0.25) is 9.80 Å². The van der Waals surface area contributed by atoms with Crippen LogP contribution in [0.2, 0.25) is 0 Å². The largest absolute Gasteiger partial charge is 0.404 e. The van der Waals surface area contributed by atoms with Crippen LogP contribution in [-0.4, -0.2) is 48.2 Å². The molecule has 0 radical (unpaired) electrons. The lowest BCUT2D eigenvalue weighted by atomic mass is 10.1. The topological polar surface area (TPSA) is 6.48 Å². The molecule has 1 aliphatic heterocycles. The van der Waals surface area contributed by atoms with Crippen LogP contribution in [0, 0.1) is 0 Å². The SMILES string of the molecule is C=CCC(N1CCN(Cc2ccccc2)CC1)C(F)(F)F. The first-order chi connectivity index (χ1) is 10.0. The molecule has 0 spiro atoms. The Hall–Kier alpha value is -1.33. The van der Waals surface area contributed by atoms with E-state index < -0.39 is 12.2 Å². The van der Waals surface area contributed by atoms with Crippen molar-refractivity contribution in [2.75, 3.05) is 26.2 Å². The van der Waals surface area contributed by atoms with Gasteiger partial charge in [0, 0.05) is 32.7 Å². The predicted octanol–water partition coefficient (Wildman–Crippen LogP) is 3.31. The second-order valence-electron chi connectivity index (χ2n) is 5.38. The summed E-state index contributed by atoms with van der Waals surface area (Å²) in [5.74, 6) is 0. The van der Waals surface area contributed by atoms with Crippen LogP contribution in [-0.2, 0) is 6.54 Å².